The lowest BCUT2D eigenvalue weighted by Crippen LogP contribution is -1.98. The smallest absolute Gasteiger partial charge is 0.182 e. The van der Waals surface area contributed by atoms with Crippen LogP contribution in [-0.2, 0) is 0 Å². The molecule has 0 amide bonds. The molecule has 3 heteroatoms. The fourth-order valence-corrected chi connectivity index (χ4v) is 1.76. The van der Waals surface area contributed by atoms with Crippen LogP contribution < -0.4 is 5.43 Å². The maximum Gasteiger partial charge on any atom is 0.182 e. The Hall–Kier alpha value is -1.54. The quantitative estimate of drug-likeness (QED) is 0.786. The molecule has 76 valence electrons. The van der Waals surface area contributed by atoms with Crippen molar-refractivity contribution >= 4 is 11.6 Å². The van der Waals surface area contributed by atoms with Gasteiger partial charge in [0, 0.05) is 34.6 Å². The predicted octanol–water partition coefficient (Wildman–Crippen LogP) is 3.00. The molecule has 2 aromatic rings. The molecule has 0 fully saturated rings. The van der Waals surface area contributed by atoms with E-state index in [1.54, 1.807) is 12.3 Å². The average Bonchev–Trinajstić information content (AvgIpc) is 2.17. The fraction of sp³-hybridized carbons (Fsp3) is 0.0833. The van der Waals surface area contributed by atoms with Crippen molar-refractivity contribution in [2.75, 3.05) is 0 Å². The van der Waals surface area contributed by atoms with Gasteiger partial charge in [0.05, 0.1) is 0 Å². The van der Waals surface area contributed by atoms with E-state index in [1.165, 1.54) is 6.07 Å². The number of aryl methyl sites for hydroxylation is 1. The van der Waals surface area contributed by atoms with Gasteiger partial charge in [-0.3, -0.25) is 4.79 Å². The molecular formula is C12H10ClNO. The van der Waals surface area contributed by atoms with Gasteiger partial charge in [0.1, 0.15) is 0 Å². The zero-order valence-electron chi connectivity index (χ0n) is 8.25. The van der Waals surface area contributed by atoms with Crippen LogP contribution in [0, 0.1) is 6.92 Å². The first-order valence-corrected chi connectivity index (χ1v) is 5.00. The molecule has 0 saturated carbocycles. The van der Waals surface area contributed by atoms with E-state index in [-0.39, 0.29) is 5.43 Å². The predicted molar refractivity (Wildman–Crippen MR) is 62.2 cm³/mol. The highest BCUT2D eigenvalue weighted by Gasteiger charge is 2.02. The second-order valence-electron chi connectivity index (χ2n) is 3.40. The van der Waals surface area contributed by atoms with Gasteiger partial charge < -0.3 is 4.98 Å². The first kappa shape index (κ1) is 9.99. The van der Waals surface area contributed by atoms with Gasteiger partial charge >= 0.3 is 0 Å². The minimum absolute atomic E-state index is 0.00176. The van der Waals surface area contributed by atoms with E-state index >= 15 is 0 Å². The third kappa shape index (κ3) is 2.10. The SMILES string of the molecule is Cc1cc(Cl)ccc1-c1cc(=O)cc[nH]1. The number of rotatable bonds is 1. The van der Waals surface area contributed by atoms with Crippen molar-refractivity contribution in [3.8, 4) is 11.3 Å². The van der Waals surface area contributed by atoms with E-state index in [0.29, 0.717) is 5.02 Å². The molecule has 15 heavy (non-hydrogen) atoms. The molecule has 1 heterocycles. The summed E-state index contributed by atoms with van der Waals surface area (Å²) in [6, 6.07) is 8.67. The van der Waals surface area contributed by atoms with Gasteiger partial charge in [-0.1, -0.05) is 17.7 Å². The van der Waals surface area contributed by atoms with Crippen LogP contribution in [0.25, 0.3) is 11.3 Å². The topological polar surface area (TPSA) is 32.9 Å². The van der Waals surface area contributed by atoms with E-state index < -0.39 is 0 Å². The van der Waals surface area contributed by atoms with Gasteiger partial charge in [0.2, 0.25) is 0 Å². The Balaban J connectivity index is 2.59. The molecule has 0 radical (unpaired) electrons. The Morgan fingerprint density at radius 3 is 2.67 bits per heavy atom. The molecule has 0 aliphatic heterocycles. The standard InChI is InChI=1S/C12H10ClNO/c1-8-6-9(13)2-3-11(8)12-7-10(15)4-5-14-12/h2-7H,1H3,(H,14,15). The number of aromatic nitrogens is 1. The van der Waals surface area contributed by atoms with Crippen molar-refractivity contribution in [2.45, 2.75) is 6.92 Å². The van der Waals surface area contributed by atoms with E-state index in [1.807, 2.05) is 25.1 Å². The maximum absolute atomic E-state index is 11.2. The molecule has 0 aliphatic carbocycles. The van der Waals surface area contributed by atoms with Gasteiger partial charge in [-0.2, -0.15) is 0 Å². The van der Waals surface area contributed by atoms with Crippen molar-refractivity contribution in [3.05, 3.63) is 57.3 Å². The molecule has 1 aromatic carbocycles. The van der Waals surface area contributed by atoms with Crippen LogP contribution in [0.1, 0.15) is 5.56 Å². The van der Waals surface area contributed by atoms with E-state index in [2.05, 4.69) is 4.98 Å². The minimum Gasteiger partial charge on any atom is -0.361 e. The Morgan fingerprint density at radius 2 is 2.00 bits per heavy atom. The molecule has 0 spiro atoms. The number of halogens is 1. The summed E-state index contributed by atoms with van der Waals surface area (Å²) in [4.78, 5) is 14.2. The van der Waals surface area contributed by atoms with Gasteiger partial charge in [0.15, 0.2) is 5.43 Å². The molecule has 0 aliphatic rings. The first-order valence-electron chi connectivity index (χ1n) is 4.62. The Kier molecular flexibility index (Phi) is 2.60. The number of pyridine rings is 1. The number of hydrogen-bond acceptors (Lipinski definition) is 1. The molecule has 0 bridgehead atoms. The largest absolute Gasteiger partial charge is 0.361 e. The Morgan fingerprint density at radius 1 is 1.20 bits per heavy atom. The summed E-state index contributed by atoms with van der Waals surface area (Å²) < 4.78 is 0. The zero-order chi connectivity index (χ0) is 10.8. The fourth-order valence-electron chi connectivity index (χ4n) is 1.53. The van der Waals surface area contributed by atoms with Gasteiger partial charge in [-0.15, -0.1) is 0 Å². The lowest BCUT2D eigenvalue weighted by atomic mass is 10.1. The molecule has 1 N–H and O–H groups in total. The highest BCUT2D eigenvalue weighted by Crippen LogP contribution is 2.23. The normalized spacial score (nSPS) is 10.3. The van der Waals surface area contributed by atoms with Gasteiger partial charge in [0.25, 0.3) is 0 Å². The molecule has 0 atom stereocenters. The van der Waals surface area contributed by atoms with Crippen LogP contribution in [0.5, 0.6) is 0 Å². The number of hydrogen-bond donors (Lipinski definition) is 1. The summed E-state index contributed by atoms with van der Waals surface area (Å²) in [5.41, 5.74) is 2.86. The minimum atomic E-state index is -0.00176. The molecule has 2 nitrogen and oxygen atoms in total. The number of nitrogens with one attached hydrogen (secondary N) is 1. The van der Waals surface area contributed by atoms with E-state index in [0.717, 1.165) is 16.8 Å². The Labute approximate surface area is 92.5 Å². The zero-order valence-corrected chi connectivity index (χ0v) is 9.01. The van der Waals surface area contributed by atoms with Crippen molar-refractivity contribution in [1.82, 2.24) is 4.98 Å². The van der Waals surface area contributed by atoms with E-state index in [9.17, 15) is 4.79 Å². The van der Waals surface area contributed by atoms with Crippen LogP contribution in [-0.4, -0.2) is 4.98 Å². The second kappa shape index (κ2) is 3.91. The number of benzene rings is 1. The van der Waals surface area contributed by atoms with Crippen LogP contribution in [0.4, 0.5) is 0 Å². The van der Waals surface area contributed by atoms with Gasteiger partial charge in [-0.25, -0.2) is 0 Å². The summed E-state index contributed by atoms with van der Waals surface area (Å²) in [6.45, 7) is 1.96. The lowest BCUT2D eigenvalue weighted by molar-refractivity contribution is 1.29. The van der Waals surface area contributed by atoms with Crippen LogP contribution >= 0.6 is 11.6 Å². The number of H-pyrrole nitrogens is 1. The highest BCUT2D eigenvalue weighted by molar-refractivity contribution is 6.30. The molecule has 1 aromatic heterocycles. The summed E-state index contributed by atoms with van der Waals surface area (Å²) in [7, 11) is 0. The van der Waals surface area contributed by atoms with Crippen molar-refractivity contribution in [1.29, 1.82) is 0 Å². The Bertz CT molecular complexity index is 545. The first-order chi connectivity index (χ1) is 7.16. The summed E-state index contributed by atoms with van der Waals surface area (Å²) in [5, 5.41) is 0.703. The average molecular weight is 220 g/mol. The number of aromatic amines is 1. The van der Waals surface area contributed by atoms with Gasteiger partial charge in [-0.05, 0) is 24.6 Å². The second-order valence-corrected chi connectivity index (χ2v) is 3.83. The van der Waals surface area contributed by atoms with Crippen molar-refractivity contribution < 1.29 is 0 Å². The molecule has 0 saturated heterocycles. The summed E-state index contributed by atoms with van der Waals surface area (Å²) in [5.74, 6) is 0. The summed E-state index contributed by atoms with van der Waals surface area (Å²) in [6.07, 6.45) is 1.64. The molecule has 2 rings (SSSR count). The molecular weight excluding hydrogens is 210 g/mol. The van der Waals surface area contributed by atoms with Crippen molar-refractivity contribution in [3.63, 3.8) is 0 Å². The third-order valence-electron chi connectivity index (χ3n) is 2.25. The molecule has 0 unspecified atom stereocenters. The summed E-state index contributed by atoms with van der Waals surface area (Å²) >= 11 is 5.86. The lowest BCUT2D eigenvalue weighted by Gasteiger charge is -2.05. The van der Waals surface area contributed by atoms with Crippen LogP contribution in [0.15, 0.2) is 41.3 Å². The maximum atomic E-state index is 11.2. The highest BCUT2D eigenvalue weighted by atomic mass is 35.5. The monoisotopic (exact) mass is 219 g/mol. The van der Waals surface area contributed by atoms with Crippen LogP contribution in [0.2, 0.25) is 5.02 Å². The third-order valence-corrected chi connectivity index (χ3v) is 2.49. The van der Waals surface area contributed by atoms with E-state index in [4.69, 9.17) is 11.6 Å². The van der Waals surface area contributed by atoms with Crippen LogP contribution in [0.3, 0.4) is 0 Å². The van der Waals surface area contributed by atoms with Crippen molar-refractivity contribution in [2.24, 2.45) is 0 Å².